The number of hydrogen-bond acceptors (Lipinski definition) is 3. The highest BCUT2D eigenvalue weighted by molar-refractivity contribution is 14.1. The number of benzene rings is 1. The Morgan fingerprint density at radius 2 is 2.12 bits per heavy atom. The minimum atomic E-state index is -0.637. The Balaban J connectivity index is 2.64. The van der Waals surface area contributed by atoms with Crippen LogP contribution >= 0.6 is 34.2 Å². The van der Waals surface area contributed by atoms with Gasteiger partial charge in [-0.15, -0.1) is 0 Å². The van der Waals surface area contributed by atoms with Crippen molar-refractivity contribution in [1.29, 1.82) is 0 Å². The van der Waals surface area contributed by atoms with Gasteiger partial charge in [-0.3, -0.25) is 4.79 Å². The Bertz CT molecular complexity index is 554. The summed E-state index contributed by atoms with van der Waals surface area (Å²) in [5, 5.41) is 0.484. The molecule has 2 rings (SSSR count). The van der Waals surface area contributed by atoms with Crippen molar-refractivity contribution in [2.24, 2.45) is 5.73 Å². The average molecular weight is 349 g/mol. The van der Waals surface area contributed by atoms with Gasteiger partial charge < -0.3 is 10.2 Å². The number of nitrogens with zero attached hydrogens (tertiary/aromatic N) is 1. The molecule has 0 saturated heterocycles. The van der Waals surface area contributed by atoms with Crippen molar-refractivity contribution in [3.8, 4) is 11.3 Å². The lowest BCUT2D eigenvalue weighted by Crippen LogP contribution is -2.12. The van der Waals surface area contributed by atoms with Crippen LogP contribution in [0.4, 0.5) is 0 Å². The zero-order valence-electron chi connectivity index (χ0n) is 7.91. The van der Waals surface area contributed by atoms with Crippen LogP contribution in [0.3, 0.4) is 0 Å². The van der Waals surface area contributed by atoms with Crippen molar-refractivity contribution < 1.29 is 9.21 Å². The maximum absolute atomic E-state index is 11.2. The van der Waals surface area contributed by atoms with Crippen LogP contribution in [0, 0.1) is 3.90 Å². The van der Waals surface area contributed by atoms with Crippen molar-refractivity contribution in [2.75, 3.05) is 0 Å². The number of carbonyl (C=O) groups excluding carboxylic acids is 1. The van der Waals surface area contributed by atoms with Crippen molar-refractivity contribution in [3.63, 3.8) is 0 Å². The standard InChI is InChI=1S/C10H6ClIN2O2/c11-6-4-2-1-3-5(6)8-7(9(13)15)14-10(12)16-8/h1-4H,(H2,13,15). The number of oxazole rings is 1. The summed E-state index contributed by atoms with van der Waals surface area (Å²) in [5.74, 6) is -0.330. The molecule has 4 nitrogen and oxygen atoms in total. The molecule has 0 aliphatic rings. The third-order valence-electron chi connectivity index (χ3n) is 1.95. The first-order chi connectivity index (χ1) is 7.59. The molecule has 2 aromatic rings. The number of carbonyl (C=O) groups is 1. The molecule has 0 bridgehead atoms. The monoisotopic (exact) mass is 348 g/mol. The first-order valence-electron chi connectivity index (χ1n) is 4.30. The van der Waals surface area contributed by atoms with Crippen molar-refractivity contribution in [2.45, 2.75) is 0 Å². The molecule has 82 valence electrons. The number of primary amides is 1. The smallest absolute Gasteiger partial charge is 0.271 e. The summed E-state index contributed by atoms with van der Waals surface area (Å²) in [6.45, 7) is 0. The van der Waals surface area contributed by atoms with Gasteiger partial charge in [-0.2, -0.15) is 4.98 Å². The average Bonchev–Trinajstić information content (AvgIpc) is 2.61. The second-order valence-electron chi connectivity index (χ2n) is 2.99. The van der Waals surface area contributed by atoms with E-state index < -0.39 is 5.91 Å². The number of amides is 1. The first kappa shape index (κ1) is 11.4. The van der Waals surface area contributed by atoms with E-state index in [2.05, 4.69) is 4.98 Å². The Morgan fingerprint density at radius 1 is 1.44 bits per heavy atom. The zero-order chi connectivity index (χ0) is 11.7. The van der Waals surface area contributed by atoms with Gasteiger partial charge in [0.05, 0.1) is 5.02 Å². The van der Waals surface area contributed by atoms with Gasteiger partial charge in [-0.25, -0.2) is 0 Å². The Morgan fingerprint density at radius 3 is 2.75 bits per heavy atom. The number of aromatic nitrogens is 1. The molecule has 1 heterocycles. The number of rotatable bonds is 2. The fourth-order valence-electron chi connectivity index (χ4n) is 1.29. The summed E-state index contributed by atoms with van der Waals surface area (Å²) in [6, 6.07) is 7.03. The van der Waals surface area contributed by atoms with Gasteiger partial charge in [0, 0.05) is 28.2 Å². The SMILES string of the molecule is NC(=O)c1nc(I)oc1-c1ccccc1Cl. The van der Waals surface area contributed by atoms with Gasteiger partial charge >= 0.3 is 0 Å². The summed E-state index contributed by atoms with van der Waals surface area (Å²) in [6.07, 6.45) is 0. The molecule has 0 unspecified atom stereocenters. The van der Waals surface area contributed by atoms with Crippen LogP contribution in [0.2, 0.25) is 5.02 Å². The maximum Gasteiger partial charge on any atom is 0.271 e. The van der Waals surface area contributed by atoms with E-state index in [1.165, 1.54) is 0 Å². The molecule has 6 heteroatoms. The predicted octanol–water partition coefficient (Wildman–Crippen LogP) is 2.70. The lowest BCUT2D eigenvalue weighted by Gasteiger charge is -2.00. The highest BCUT2D eigenvalue weighted by Gasteiger charge is 2.19. The maximum atomic E-state index is 11.2. The molecule has 0 atom stereocenters. The molecule has 1 aromatic heterocycles. The van der Waals surface area contributed by atoms with E-state index in [0.29, 0.717) is 20.2 Å². The van der Waals surface area contributed by atoms with Crippen LogP contribution in [-0.2, 0) is 0 Å². The third-order valence-corrected chi connectivity index (χ3v) is 2.74. The van der Waals surface area contributed by atoms with Gasteiger partial charge in [-0.1, -0.05) is 23.7 Å². The largest absolute Gasteiger partial charge is 0.431 e. The molecule has 0 aliphatic carbocycles. The molecule has 0 spiro atoms. The van der Waals surface area contributed by atoms with Crippen LogP contribution < -0.4 is 5.73 Å². The Kier molecular flexibility index (Phi) is 3.15. The van der Waals surface area contributed by atoms with Crippen LogP contribution in [0.1, 0.15) is 10.5 Å². The lowest BCUT2D eigenvalue weighted by atomic mass is 10.1. The molecule has 0 radical (unpaired) electrons. The van der Waals surface area contributed by atoms with Gasteiger partial charge in [0.1, 0.15) is 0 Å². The number of halogens is 2. The van der Waals surface area contributed by atoms with Crippen LogP contribution in [-0.4, -0.2) is 10.9 Å². The van der Waals surface area contributed by atoms with E-state index in [9.17, 15) is 4.79 Å². The van der Waals surface area contributed by atoms with Gasteiger partial charge in [0.25, 0.3) is 9.80 Å². The van der Waals surface area contributed by atoms with E-state index in [1.807, 2.05) is 22.6 Å². The van der Waals surface area contributed by atoms with Crippen molar-refractivity contribution in [1.82, 2.24) is 4.98 Å². The molecule has 0 saturated carbocycles. The molecule has 16 heavy (non-hydrogen) atoms. The second kappa shape index (κ2) is 4.42. The van der Waals surface area contributed by atoms with Gasteiger partial charge in [0.15, 0.2) is 11.5 Å². The molecule has 1 amide bonds. The van der Waals surface area contributed by atoms with Crippen LogP contribution in [0.25, 0.3) is 11.3 Å². The summed E-state index contributed by atoms with van der Waals surface area (Å²) < 4.78 is 5.68. The highest BCUT2D eigenvalue weighted by atomic mass is 127. The predicted molar refractivity (Wildman–Crippen MR) is 68.2 cm³/mol. The van der Waals surface area contributed by atoms with Gasteiger partial charge in [-0.05, 0) is 12.1 Å². The van der Waals surface area contributed by atoms with Crippen LogP contribution in [0.15, 0.2) is 28.7 Å². The van der Waals surface area contributed by atoms with E-state index in [4.69, 9.17) is 21.8 Å². The van der Waals surface area contributed by atoms with Crippen molar-refractivity contribution >= 4 is 40.1 Å². The normalized spacial score (nSPS) is 10.4. The lowest BCUT2D eigenvalue weighted by molar-refractivity contribution is 0.0996. The second-order valence-corrected chi connectivity index (χ2v) is 4.32. The number of hydrogen-bond donors (Lipinski definition) is 1. The van der Waals surface area contributed by atoms with E-state index in [1.54, 1.807) is 24.3 Å². The molecule has 0 aliphatic heterocycles. The fourth-order valence-corrected chi connectivity index (χ4v) is 1.97. The Labute approximate surface area is 110 Å². The van der Waals surface area contributed by atoms with E-state index in [0.717, 1.165) is 0 Å². The summed E-state index contributed by atoms with van der Waals surface area (Å²) >= 11 is 7.87. The summed E-state index contributed by atoms with van der Waals surface area (Å²) in [5.41, 5.74) is 5.91. The fraction of sp³-hybridized carbons (Fsp3) is 0. The minimum Gasteiger partial charge on any atom is -0.431 e. The summed E-state index contributed by atoms with van der Waals surface area (Å²) in [4.78, 5) is 15.1. The third kappa shape index (κ3) is 2.05. The molecular formula is C10H6ClIN2O2. The molecular weight excluding hydrogens is 342 g/mol. The van der Waals surface area contributed by atoms with Gasteiger partial charge in [0.2, 0.25) is 0 Å². The minimum absolute atomic E-state index is 0.0949. The Hall–Kier alpha value is -1.08. The zero-order valence-corrected chi connectivity index (χ0v) is 10.8. The topological polar surface area (TPSA) is 69.1 Å². The first-order valence-corrected chi connectivity index (χ1v) is 5.76. The van der Waals surface area contributed by atoms with E-state index >= 15 is 0 Å². The van der Waals surface area contributed by atoms with Crippen molar-refractivity contribution in [3.05, 3.63) is 38.9 Å². The highest BCUT2D eigenvalue weighted by Crippen LogP contribution is 2.31. The van der Waals surface area contributed by atoms with Crippen LogP contribution in [0.5, 0.6) is 0 Å². The molecule has 0 fully saturated rings. The quantitative estimate of drug-likeness (QED) is 0.848. The summed E-state index contributed by atoms with van der Waals surface area (Å²) in [7, 11) is 0. The van der Waals surface area contributed by atoms with E-state index in [-0.39, 0.29) is 5.69 Å². The molecule has 1 aromatic carbocycles. The molecule has 2 N–H and O–H groups in total. The number of nitrogens with two attached hydrogens (primary N) is 1.